The van der Waals surface area contributed by atoms with Crippen LogP contribution in [0.3, 0.4) is 0 Å². The molecule has 0 aliphatic carbocycles. The predicted molar refractivity (Wildman–Crippen MR) is 118 cm³/mol. The molecule has 2 aromatic heterocycles. The molecule has 0 radical (unpaired) electrons. The molecule has 0 spiro atoms. The summed E-state index contributed by atoms with van der Waals surface area (Å²) in [6.45, 7) is 4.70. The van der Waals surface area contributed by atoms with E-state index in [1.54, 1.807) is 16.0 Å². The van der Waals surface area contributed by atoms with Crippen LogP contribution in [-0.4, -0.2) is 44.5 Å². The summed E-state index contributed by atoms with van der Waals surface area (Å²) < 4.78 is 1.73. The maximum atomic E-state index is 12.6. The van der Waals surface area contributed by atoms with Gasteiger partial charge in [-0.25, -0.2) is 4.68 Å². The van der Waals surface area contributed by atoms with Gasteiger partial charge in [0.05, 0.1) is 11.8 Å². The minimum atomic E-state index is -0.315. The van der Waals surface area contributed by atoms with Crippen LogP contribution in [0.2, 0.25) is 0 Å². The van der Waals surface area contributed by atoms with Gasteiger partial charge in [0.15, 0.2) is 0 Å². The minimum absolute atomic E-state index is 0.0635. The molecule has 3 aromatic rings. The summed E-state index contributed by atoms with van der Waals surface area (Å²) in [5.41, 5.74) is 2.03. The Hall–Kier alpha value is -2.39. The number of tetrazole rings is 1. The molecule has 7 nitrogen and oxygen atoms in total. The highest BCUT2D eigenvalue weighted by molar-refractivity contribution is 8.00. The number of amides is 1. The molecule has 1 amide bonds. The van der Waals surface area contributed by atoms with E-state index in [1.165, 1.54) is 41.6 Å². The molecule has 1 saturated heterocycles. The van der Waals surface area contributed by atoms with Gasteiger partial charge >= 0.3 is 0 Å². The fraction of sp³-hybridized carbons (Fsp3) is 0.400. The molecular weight excluding hydrogens is 404 g/mol. The lowest BCUT2D eigenvalue weighted by molar-refractivity contribution is -0.115. The highest BCUT2D eigenvalue weighted by Crippen LogP contribution is 2.25. The fourth-order valence-electron chi connectivity index (χ4n) is 3.29. The number of carbonyl (C=O) groups excluding carboxylic acids is 1. The van der Waals surface area contributed by atoms with Crippen molar-refractivity contribution in [3.8, 4) is 0 Å². The van der Waals surface area contributed by atoms with Gasteiger partial charge in [0.25, 0.3) is 0 Å². The van der Waals surface area contributed by atoms with Crippen molar-refractivity contribution in [1.29, 1.82) is 0 Å². The first kappa shape index (κ1) is 19.9. The number of thiophene rings is 1. The van der Waals surface area contributed by atoms with Crippen molar-refractivity contribution in [3.05, 3.63) is 46.7 Å². The number of aromatic nitrogens is 4. The zero-order valence-electron chi connectivity index (χ0n) is 16.3. The van der Waals surface area contributed by atoms with E-state index in [0.717, 1.165) is 18.8 Å². The molecule has 1 aliphatic rings. The summed E-state index contributed by atoms with van der Waals surface area (Å²) in [4.78, 5) is 16.2. The Morgan fingerprint density at radius 2 is 2.00 bits per heavy atom. The van der Waals surface area contributed by atoms with Gasteiger partial charge in [0.1, 0.15) is 0 Å². The lowest BCUT2D eigenvalue weighted by atomic mass is 10.1. The lowest BCUT2D eigenvalue weighted by Gasteiger charge is -2.28. The van der Waals surface area contributed by atoms with Crippen LogP contribution < -0.4 is 10.2 Å². The van der Waals surface area contributed by atoms with E-state index in [9.17, 15) is 4.79 Å². The van der Waals surface area contributed by atoms with Crippen molar-refractivity contribution < 1.29 is 4.79 Å². The summed E-state index contributed by atoms with van der Waals surface area (Å²) in [6.07, 6.45) is 3.81. The first-order valence-corrected chi connectivity index (χ1v) is 11.6. The number of carbonyl (C=O) groups is 1. The second kappa shape index (κ2) is 9.41. The highest BCUT2D eigenvalue weighted by Gasteiger charge is 2.19. The van der Waals surface area contributed by atoms with Crippen molar-refractivity contribution in [2.75, 3.05) is 23.3 Å². The maximum Gasteiger partial charge on any atom is 0.237 e. The molecule has 29 heavy (non-hydrogen) atoms. The summed E-state index contributed by atoms with van der Waals surface area (Å²) in [6, 6.07) is 12.2. The second-order valence-electron chi connectivity index (χ2n) is 7.04. The summed E-state index contributed by atoms with van der Waals surface area (Å²) in [5.74, 6) is -0.0635. The van der Waals surface area contributed by atoms with E-state index in [4.69, 9.17) is 0 Å². The third kappa shape index (κ3) is 5.16. The average molecular weight is 429 g/mol. The topological polar surface area (TPSA) is 75.9 Å². The SMILES string of the molecule is CC(Sc1nnnn1Cc1cccs1)C(=O)Nc1ccc(N2CCCCC2)cc1. The van der Waals surface area contributed by atoms with Crippen LogP contribution in [0.15, 0.2) is 46.9 Å². The molecule has 1 aromatic carbocycles. The average Bonchev–Trinajstić information content (AvgIpc) is 3.42. The molecule has 0 bridgehead atoms. The smallest absolute Gasteiger partial charge is 0.237 e. The first-order chi connectivity index (χ1) is 14.2. The first-order valence-electron chi connectivity index (χ1n) is 9.80. The molecule has 1 unspecified atom stereocenters. The number of piperidine rings is 1. The molecule has 9 heteroatoms. The van der Waals surface area contributed by atoms with Gasteiger partial charge in [-0.3, -0.25) is 4.79 Å². The largest absolute Gasteiger partial charge is 0.372 e. The zero-order chi connectivity index (χ0) is 20.1. The van der Waals surface area contributed by atoms with E-state index >= 15 is 0 Å². The van der Waals surface area contributed by atoms with Gasteiger partial charge in [-0.1, -0.05) is 17.8 Å². The van der Waals surface area contributed by atoms with Crippen LogP contribution in [0.4, 0.5) is 11.4 Å². The summed E-state index contributed by atoms with van der Waals surface area (Å²) in [7, 11) is 0. The zero-order valence-corrected chi connectivity index (χ0v) is 18.0. The highest BCUT2D eigenvalue weighted by atomic mass is 32.2. The Balaban J connectivity index is 1.33. The van der Waals surface area contributed by atoms with Crippen LogP contribution in [0.25, 0.3) is 0 Å². The molecule has 4 rings (SSSR count). The lowest BCUT2D eigenvalue weighted by Crippen LogP contribution is -2.29. The number of benzene rings is 1. The van der Waals surface area contributed by atoms with E-state index < -0.39 is 0 Å². The van der Waals surface area contributed by atoms with Gasteiger partial charge in [-0.15, -0.1) is 16.4 Å². The Morgan fingerprint density at radius 1 is 1.21 bits per heavy atom. The third-order valence-corrected chi connectivity index (χ3v) is 6.82. The molecular formula is C20H24N6OS2. The Labute approximate surface area is 178 Å². The molecule has 152 valence electrons. The predicted octanol–water partition coefficient (Wildman–Crippen LogP) is 3.89. The molecule has 1 fully saturated rings. The standard InChI is InChI=1S/C20H24N6OS2/c1-15(29-20-22-23-24-26(20)14-18-6-5-13-28-18)19(27)21-16-7-9-17(10-8-16)25-11-3-2-4-12-25/h5-10,13,15H,2-4,11-12,14H2,1H3,(H,21,27). The van der Waals surface area contributed by atoms with Gasteiger partial charge in [-0.05, 0) is 72.3 Å². The molecule has 0 saturated carbocycles. The molecule has 3 heterocycles. The third-order valence-electron chi connectivity index (χ3n) is 4.89. The number of nitrogens with one attached hydrogen (secondary N) is 1. The summed E-state index contributed by atoms with van der Waals surface area (Å²) >= 11 is 3.02. The Bertz CT molecular complexity index is 919. The Morgan fingerprint density at radius 3 is 2.72 bits per heavy atom. The van der Waals surface area contributed by atoms with Crippen molar-refractivity contribution in [1.82, 2.24) is 20.2 Å². The van der Waals surface area contributed by atoms with Gasteiger partial charge in [0.2, 0.25) is 11.1 Å². The minimum Gasteiger partial charge on any atom is -0.372 e. The fourth-order valence-corrected chi connectivity index (χ4v) is 4.77. The van der Waals surface area contributed by atoms with Crippen LogP contribution >= 0.6 is 23.1 Å². The molecule has 1 N–H and O–H groups in total. The number of rotatable bonds is 7. The number of anilines is 2. The number of hydrogen-bond donors (Lipinski definition) is 1. The number of hydrogen-bond acceptors (Lipinski definition) is 7. The van der Waals surface area contributed by atoms with Gasteiger partial charge < -0.3 is 10.2 Å². The van der Waals surface area contributed by atoms with Gasteiger partial charge in [0, 0.05) is 29.3 Å². The number of nitrogens with zero attached hydrogens (tertiary/aromatic N) is 5. The van der Waals surface area contributed by atoms with Crippen molar-refractivity contribution >= 4 is 40.4 Å². The van der Waals surface area contributed by atoms with Crippen molar-refractivity contribution in [2.24, 2.45) is 0 Å². The van der Waals surface area contributed by atoms with Crippen LogP contribution in [0, 0.1) is 0 Å². The van der Waals surface area contributed by atoms with Crippen molar-refractivity contribution in [2.45, 2.75) is 43.1 Å². The Kier molecular flexibility index (Phi) is 6.46. The van der Waals surface area contributed by atoms with E-state index in [0.29, 0.717) is 11.7 Å². The summed E-state index contributed by atoms with van der Waals surface area (Å²) in [5, 5.41) is 17.2. The quantitative estimate of drug-likeness (QED) is 0.576. The normalized spacial score (nSPS) is 15.3. The molecule has 1 aliphatic heterocycles. The van der Waals surface area contributed by atoms with Crippen LogP contribution in [0.1, 0.15) is 31.1 Å². The van der Waals surface area contributed by atoms with Crippen molar-refractivity contribution in [3.63, 3.8) is 0 Å². The van der Waals surface area contributed by atoms with E-state index in [2.05, 4.69) is 37.9 Å². The monoisotopic (exact) mass is 428 g/mol. The second-order valence-corrected chi connectivity index (χ2v) is 9.38. The van der Waals surface area contributed by atoms with Crippen LogP contribution in [0.5, 0.6) is 0 Å². The molecule has 1 atom stereocenters. The van der Waals surface area contributed by atoms with Crippen LogP contribution in [-0.2, 0) is 11.3 Å². The van der Waals surface area contributed by atoms with E-state index in [-0.39, 0.29) is 11.2 Å². The van der Waals surface area contributed by atoms with E-state index in [1.807, 2.05) is 36.6 Å². The van der Waals surface area contributed by atoms with Gasteiger partial charge in [-0.2, -0.15) is 0 Å². The maximum absolute atomic E-state index is 12.6. The number of thioether (sulfide) groups is 1.